The first kappa shape index (κ1) is 17.8. The maximum atomic E-state index is 13.0. The van der Waals surface area contributed by atoms with Crippen LogP contribution in [0.5, 0.6) is 5.75 Å². The van der Waals surface area contributed by atoms with Crippen molar-refractivity contribution in [2.45, 2.75) is 32.4 Å². The number of benzene rings is 2. The Labute approximate surface area is 153 Å². The third-order valence-electron chi connectivity index (χ3n) is 4.49. The van der Waals surface area contributed by atoms with Gasteiger partial charge in [0.1, 0.15) is 17.3 Å². The van der Waals surface area contributed by atoms with Crippen molar-refractivity contribution in [2.75, 3.05) is 22.6 Å². The molecule has 0 radical (unpaired) electrons. The van der Waals surface area contributed by atoms with E-state index < -0.39 is 11.6 Å². The Balaban J connectivity index is 1.86. The molecule has 1 heterocycles. The predicted molar refractivity (Wildman–Crippen MR) is 103 cm³/mol. The second-order valence-corrected chi connectivity index (χ2v) is 6.84. The first-order valence-corrected chi connectivity index (χ1v) is 8.49. The van der Waals surface area contributed by atoms with Gasteiger partial charge in [-0.25, -0.2) is 0 Å². The molecule has 2 aromatic carbocycles. The molecule has 1 unspecified atom stereocenters. The fraction of sp³-hybridized carbons (Fsp3) is 0.300. The summed E-state index contributed by atoms with van der Waals surface area (Å²) in [5.74, 6) is 0.314. The molecule has 1 aliphatic heterocycles. The topological polar surface area (TPSA) is 70.7 Å². The zero-order valence-corrected chi connectivity index (χ0v) is 15.4. The Morgan fingerprint density at radius 2 is 1.81 bits per heavy atom. The van der Waals surface area contributed by atoms with Gasteiger partial charge in [0.2, 0.25) is 5.91 Å². The lowest BCUT2D eigenvalue weighted by molar-refractivity contribution is -0.125. The molecule has 6 heteroatoms. The number of rotatable bonds is 4. The van der Waals surface area contributed by atoms with E-state index in [4.69, 9.17) is 4.74 Å². The molecule has 0 saturated heterocycles. The standard InChI is InChI=1S/C20H23N3O3/c1-13(18(24)21-14-9-11-15(26-4)12-10-14)23-17-8-6-5-7-16(17)22-20(2,3)19(23)25/h5-13,22H,1-4H3,(H,21,24). The molecular weight excluding hydrogens is 330 g/mol. The maximum absolute atomic E-state index is 13.0. The van der Waals surface area contributed by atoms with Crippen molar-refractivity contribution in [3.63, 3.8) is 0 Å². The van der Waals surface area contributed by atoms with Gasteiger partial charge in [-0.1, -0.05) is 12.1 Å². The van der Waals surface area contributed by atoms with Crippen LogP contribution in [0.25, 0.3) is 0 Å². The van der Waals surface area contributed by atoms with Crippen LogP contribution in [0.4, 0.5) is 17.1 Å². The van der Waals surface area contributed by atoms with Gasteiger partial charge < -0.3 is 15.4 Å². The quantitative estimate of drug-likeness (QED) is 0.885. The lowest BCUT2D eigenvalue weighted by Crippen LogP contribution is -2.58. The highest BCUT2D eigenvalue weighted by molar-refractivity contribution is 6.12. The zero-order valence-electron chi connectivity index (χ0n) is 15.4. The largest absolute Gasteiger partial charge is 0.497 e. The smallest absolute Gasteiger partial charge is 0.252 e. The van der Waals surface area contributed by atoms with E-state index >= 15 is 0 Å². The molecule has 1 atom stereocenters. The molecule has 0 aromatic heterocycles. The van der Waals surface area contributed by atoms with Crippen LogP contribution in [0, 0.1) is 0 Å². The Morgan fingerprint density at radius 3 is 2.46 bits per heavy atom. The Bertz CT molecular complexity index is 830. The normalized spacial score (nSPS) is 16.3. The minimum Gasteiger partial charge on any atom is -0.497 e. The Hall–Kier alpha value is -3.02. The molecule has 0 aliphatic carbocycles. The SMILES string of the molecule is COc1ccc(NC(=O)C(C)N2C(=O)C(C)(C)Nc3ccccc32)cc1. The summed E-state index contributed by atoms with van der Waals surface area (Å²) in [6.45, 7) is 5.35. The van der Waals surface area contributed by atoms with E-state index in [1.807, 2.05) is 38.1 Å². The van der Waals surface area contributed by atoms with Crippen LogP contribution >= 0.6 is 0 Å². The predicted octanol–water partition coefficient (Wildman–Crippen LogP) is 3.26. The summed E-state index contributed by atoms with van der Waals surface area (Å²) in [5.41, 5.74) is 1.40. The minimum absolute atomic E-state index is 0.145. The van der Waals surface area contributed by atoms with Crippen molar-refractivity contribution in [2.24, 2.45) is 0 Å². The number of carbonyl (C=O) groups excluding carboxylic acids is 2. The first-order valence-electron chi connectivity index (χ1n) is 8.49. The molecule has 2 aromatic rings. The number of nitrogens with one attached hydrogen (secondary N) is 2. The number of nitrogens with zero attached hydrogens (tertiary/aromatic N) is 1. The summed E-state index contributed by atoms with van der Waals surface area (Å²) in [4.78, 5) is 27.3. The lowest BCUT2D eigenvalue weighted by atomic mass is 9.96. The van der Waals surface area contributed by atoms with E-state index in [0.717, 1.165) is 5.69 Å². The second kappa shape index (κ2) is 6.71. The third-order valence-corrected chi connectivity index (χ3v) is 4.49. The molecule has 26 heavy (non-hydrogen) atoms. The maximum Gasteiger partial charge on any atom is 0.252 e. The Kier molecular flexibility index (Phi) is 4.59. The number of anilines is 3. The fourth-order valence-electron chi connectivity index (χ4n) is 3.01. The highest BCUT2D eigenvalue weighted by atomic mass is 16.5. The van der Waals surface area contributed by atoms with Gasteiger partial charge in [0.15, 0.2) is 0 Å². The number of carbonyl (C=O) groups is 2. The molecule has 0 fully saturated rings. The van der Waals surface area contributed by atoms with Crippen molar-refractivity contribution in [1.82, 2.24) is 0 Å². The van der Waals surface area contributed by atoms with Crippen molar-refractivity contribution in [3.8, 4) is 5.75 Å². The number of methoxy groups -OCH3 is 1. The summed E-state index contributed by atoms with van der Waals surface area (Å²) >= 11 is 0. The average molecular weight is 353 g/mol. The summed E-state index contributed by atoms with van der Waals surface area (Å²) in [6.07, 6.45) is 0. The highest BCUT2D eigenvalue weighted by Gasteiger charge is 2.42. The summed E-state index contributed by atoms with van der Waals surface area (Å²) in [7, 11) is 1.59. The second-order valence-electron chi connectivity index (χ2n) is 6.84. The molecule has 0 spiro atoms. The van der Waals surface area contributed by atoms with E-state index in [-0.39, 0.29) is 11.8 Å². The van der Waals surface area contributed by atoms with Crippen LogP contribution < -0.4 is 20.3 Å². The molecule has 136 valence electrons. The van der Waals surface area contributed by atoms with Gasteiger partial charge in [-0.2, -0.15) is 0 Å². The highest BCUT2D eigenvalue weighted by Crippen LogP contribution is 2.36. The monoisotopic (exact) mass is 353 g/mol. The van der Waals surface area contributed by atoms with Crippen LogP contribution in [0.3, 0.4) is 0 Å². The van der Waals surface area contributed by atoms with Gasteiger partial charge in [-0.3, -0.25) is 14.5 Å². The van der Waals surface area contributed by atoms with E-state index in [9.17, 15) is 9.59 Å². The zero-order chi connectivity index (χ0) is 18.9. The van der Waals surface area contributed by atoms with Gasteiger partial charge in [0, 0.05) is 5.69 Å². The van der Waals surface area contributed by atoms with Crippen molar-refractivity contribution in [1.29, 1.82) is 0 Å². The Morgan fingerprint density at radius 1 is 1.15 bits per heavy atom. The van der Waals surface area contributed by atoms with Gasteiger partial charge in [-0.05, 0) is 57.2 Å². The number of ether oxygens (including phenoxy) is 1. The average Bonchev–Trinajstić information content (AvgIpc) is 2.62. The molecule has 1 aliphatic rings. The van der Waals surface area contributed by atoms with Crippen LogP contribution in [-0.4, -0.2) is 30.5 Å². The van der Waals surface area contributed by atoms with Crippen molar-refractivity contribution in [3.05, 3.63) is 48.5 Å². The van der Waals surface area contributed by atoms with Crippen molar-refractivity contribution >= 4 is 28.9 Å². The van der Waals surface area contributed by atoms with Crippen LogP contribution in [0.1, 0.15) is 20.8 Å². The lowest BCUT2D eigenvalue weighted by Gasteiger charge is -2.42. The number of hydrogen-bond donors (Lipinski definition) is 2. The van der Waals surface area contributed by atoms with E-state index in [2.05, 4.69) is 10.6 Å². The number of fused-ring (bicyclic) bond motifs is 1. The van der Waals surface area contributed by atoms with E-state index in [0.29, 0.717) is 17.1 Å². The summed E-state index contributed by atoms with van der Waals surface area (Å²) in [6, 6.07) is 13.9. The summed E-state index contributed by atoms with van der Waals surface area (Å²) in [5, 5.41) is 6.10. The van der Waals surface area contributed by atoms with Crippen LogP contribution in [0.15, 0.2) is 48.5 Å². The van der Waals surface area contributed by atoms with Gasteiger partial charge in [0.05, 0.1) is 18.5 Å². The molecule has 6 nitrogen and oxygen atoms in total. The molecule has 0 bridgehead atoms. The molecule has 0 saturated carbocycles. The number of amides is 2. The number of para-hydroxylation sites is 2. The first-order chi connectivity index (χ1) is 12.3. The molecule has 2 amide bonds. The van der Waals surface area contributed by atoms with E-state index in [1.165, 1.54) is 0 Å². The van der Waals surface area contributed by atoms with Gasteiger partial charge >= 0.3 is 0 Å². The van der Waals surface area contributed by atoms with Gasteiger partial charge in [0.25, 0.3) is 5.91 Å². The van der Waals surface area contributed by atoms with Crippen molar-refractivity contribution < 1.29 is 14.3 Å². The number of hydrogen-bond acceptors (Lipinski definition) is 4. The minimum atomic E-state index is -0.789. The van der Waals surface area contributed by atoms with Crippen LogP contribution in [-0.2, 0) is 9.59 Å². The molecule has 2 N–H and O–H groups in total. The summed E-state index contributed by atoms with van der Waals surface area (Å²) < 4.78 is 5.12. The fourth-order valence-corrected chi connectivity index (χ4v) is 3.01. The van der Waals surface area contributed by atoms with Gasteiger partial charge in [-0.15, -0.1) is 0 Å². The van der Waals surface area contributed by atoms with Crippen LogP contribution in [0.2, 0.25) is 0 Å². The van der Waals surface area contributed by atoms with E-state index in [1.54, 1.807) is 43.2 Å². The molecular formula is C20H23N3O3. The third kappa shape index (κ3) is 3.22. The molecule has 3 rings (SSSR count).